The predicted octanol–water partition coefficient (Wildman–Crippen LogP) is 3.84. The predicted molar refractivity (Wildman–Crippen MR) is 81.8 cm³/mol. The van der Waals surface area contributed by atoms with E-state index < -0.39 is 0 Å². The lowest BCUT2D eigenvalue weighted by atomic mass is 10.1. The van der Waals surface area contributed by atoms with E-state index >= 15 is 0 Å². The van der Waals surface area contributed by atoms with Gasteiger partial charge in [0, 0.05) is 27.1 Å². The Hall–Kier alpha value is -0.280. The first kappa shape index (κ1) is 18.7. The van der Waals surface area contributed by atoms with Crippen LogP contribution in [0.3, 0.4) is 0 Å². The maximum absolute atomic E-state index is 11.8. The third kappa shape index (κ3) is 11.3. The number of unbranched alkanes of at least 4 members (excludes halogenated alkanes) is 6. The molecular weight excluding hydrogens is 262 g/mol. The molecule has 114 valence electrons. The SMILES string of the molecule is CCCCCCCCCC(=O)N(C)CC(Cl)COC. The number of hydrogen-bond donors (Lipinski definition) is 0. The van der Waals surface area contributed by atoms with Crippen molar-refractivity contribution in [1.82, 2.24) is 4.90 Å². The zero-order chi connectivity index (χ0) is 14.5. The van der Waals surface area contributed by atoms with Gasteiger partial charge in [-0.05, 0) is 6.42 Å². The molecule has 0 radical (unpaired) electrons. The molecule has 4 heteroatoms. The molecule has 0 aliphatic rings. The summed E-state index contributed by atoms with van der Waals surface area (Å²) in [6, 6.07) is 0. The molecule has 0 spiro atoms. The second-order valence-electron chi connectivity index (χ2n) is 5.20. The van der Waals surface area contributed by atoms with Gasteiger partial charge in [0.15, 0.2) is 0 Å². The highest BCUT2D eigenvalue weighted by atomic mass is 35.5. The van der Waals surface area contributed by atoms with Crippen molar-refractivity contribution < 1.29 is 9.53 Å². The Morgan fingerprint density at radius 1 is 1.16 bits per heavy atom. The molecule has 0 fully saturated rings. The van der Waals surface area contributed by atoms with E-state index in [1.807, 2.05) is 7.05 Å². The highest BCUT2D eigenvalue weighted by Crippen LogP contribution is 2.09. The Kier molecular flexibility index (Phi) is 12.6. The average molecular weight is 292 g/mol. The fraction of sp³-hybridized carbons (Fsp3) is 0.933. The van der Waals surface area contributed by atoms with Gasteiger partial charge in [0.1, 0.15) is 0 Å². The Morgan fingerprint density at radius 2 is 1.74 bits per heavy atom. The number of halogens is 1. The molecule has 0 bridgehead atoms. The molecule has 1 amide bonds. The van der Waals surface area contributed by atoms with Crippen molar-refractivity contribution >= 4 is 17.5 Å². The molecule has 0 saturated heterocycles. The van der Waals surface area contributed by atoms with E-state index in [0.29, 0.717) is 19.6 Å². The molecule has 0 aromatic carbocycles. The van der Waals surface area contributed by atoms with Gasteiger partial charge in [-0.2, -0.15) is 0 Å². The number of carbonyl (C=O) groups is 1. The van der Waals surface area contributed by atoms with Crippen molar-refractivity contribution in [3.05, 3.63) is 0 Å². The van der Waals surface area contributed by atoms with Crippen molar-refractivity contribution in [3.8, 4) is 0 Å². The van der Waals surface area contributed by atoms with E-state index in [1.54, 1.807) is 12.0 Å². The van der Waals surface area contributed by atoms with Crippen molar-refractivity contribution in [2.75, 3.05) is 27.3 Å². The van der Waals surface area contributed by atoms with Crippen molar-refractivity contribution in [2.24, 2.45) is 0 Å². The van der Waals surface area contributed by atoms with Crippen molar-refractivity contribution in [2.45, 2.75) is 63.7 Å². The van der Waals surface area contributed by atoms with E-state index in [-0.39, 0.29) is 11.3 Å². The molecule has 0 rings (SSSR count). The standard InChI is InChI=1S/C15H30ClNO2/c1-4-5-6-7-8-9-10-11-15(18)17(2)12-14(16)13-19-3/h14H,4-13H2,1-3H3. The highest BCUT2D eigenvalue weighted by Gasteiger charge is 2.13. The number of nitrogens with zero attached hydrogens (tertiary/aromatic N) is 1. The summed E-state index contributed by atoms with van der Waals surface area (Å²) in [5.74, 6) is 0.190. The zero-order valence-corrected chi connectivity index (χ0v) is 13.5. The molecule has 0 aliphatic carbocycles. The number of methoxy groups -OCH3 is 1. The van der Waals surface area contributed by atoms with Gasteiger partial charge in [0.25, 0.3) is 0 Å². The van der Waals surface area contributed by atoms with Gasteiger partial charge in [-0.1, -0.05) is 45.4 Å². The van der Waals surface area contributed by atoms with E-state index in [9.17, 15) is 4.79 Å². The van der Waals surface area contributed by atoms with Crippen molar-refractivity contribution in [1.29, 1.82) is 0 Å². The molecule has 1 atom stereocenters. The summed E-state index contributed by atoms with van der Waals surface area (Å²) < 4.78 is 4.96. The molecule has 0 aromatic heterocycles. The first-order valence-corrected chi connectivity index (χ1v) is 7.92. The monoisotopic (exact) mass is 291 g/mol. The topological polar surface area (TPSA) is 29.5 Å². The van der Waals surface area contributed by atoms with Crippen LogP contribution in [0.15, 0.2) is 0 Å². The van der Waals surface area contributed by atoms with E-state index in [1.165, 1.54) is 32.1 Å². The third-order valence-corrected chi connectivity index (χ3v) is 3.50. The normalized spacial score (nSPS) is 12.4. The van der Waals surface area contributed by atoms with Crippen LogP contribution in [0.2, 0.25) is 0 Å². The summed E-state index contributed by atoms with van der Waals surface area (Å²) in [5.41, 5.74) is 0. The molecule has 0 N–H and O–H groups in total. The number of carbonyl (C=O) groups excluding carboxylic acids is 1. The number of ether oxygens (including phenoxy) is 1. The molecule has 0 aliphatic heterocycles. The summed E-state index contributed by atoms with van der Waals surface area (Å²) >= 11 is 6.03. The molecular formula is C15H30ClNO2. The summed E-state index contributed by atoms with van der Waals surface area (Å²) in [6.45, 7) is 3.27. The van der Waals surface area contributed by atoms with Gasteiger partial charge in [0.2, 0.25) is 5.91 Å². The van der Waals surface area contributed by atoms with Gasteiger partial charge in [-0.15, -0.1) is 11.6 Å². The molecule has 0 saturated carbocycles. The number of alkyl halides is 1. The van der Waals surface area contributed by atoms with Crippen LogP contribution in [0.1, 0.15) is 58.3 Å². The second-order valence-corrected chi connectivity index (χ2v) is 5.82. The maximum atomic E-state index is 11.8. The lowest BCUT2D eigenvalue weighted by Gasteiger charge is -2.20. The number of amides is 1. The lowest BCUT2D eigenvalue weighted by Crippen LogP contribution is -2.33. The minimum atomic E-state index is -0.118. The van der Waals surface area contributed by atoms with Crippen LogP contribution in [-0.2, 0) is 9.53 Å². The average Bonchev–Trinajstić information content (AvgIpc) is 2.37. The van der Waals surface area contributed by atoms with Crippen LogP contribution < -0.4 is 0 Å². The Labute approximate surface area is 123 Å². The van der Waals surface area contributed by atoms with Crippen LogP contribution >= 0.6 is 11.6 Å². The molecule has 0 heterocycles. The van der Waals surface area contributed by atoms with Crippen LogP contribution in [0, 0.1) is 0 Å². The lowest BCUT2D eigenvalue weighted by molar-refractivity contribution is -0.130. The van der Waals surface area contributed by atoms with E-state index in [4.69, 9.17) is 16.3 Å². The molecule has 19 heavy (non-hydrogen) atoms. The molecule has 0 aromatic rings. The third-order valence-electron chi connectivity index (χ3n) is 3.24. The second kappa shape index (κ2) is 12.7. The molecule has 1 unspecified atom stereocenters. The van der Waals surface area contributed by atoms with Gasteiger partial charge in [0.05, 0.1) is 12.0 Å². The van der Waals surface area contributed by atoms with Gasteiger partial charge in [-0.3, -0.25) is 4.79 Å². The van der Waals surface area contributed by atoms with Crippen LogP contribution in [0.5, 0.6) is 0 Å². The maximum Gasteiger partial charge on any atom is 0.222 e. The van der Waals surface area contributed by atoms with Crippen LogP contribution in [0.25, 0.3) is 0 Å². The Balaban J connectivity index is 3.51. The van der Waals surface area contributed by atoms with Crippen LogP contribution in [-0.4, -0.2) is 43.5 Å². The Bertz CT molecular complexity index is 224. The minimum Gasteiger partial charge on any atom is -0.383 e. The number of rotatable bonds is 12. The molecule has 3 nitrogen and oxygen atoms in total. The fourth-order valence-corrected chi connectivity index (χ4v) is 2.39. The number of hydrogen-bond acceptors (Lipinski definition) is 2. The van der Waals surface area contributed by atoms with Crippen LogP contribution in [0.4, 0.5) is 0 Å². The van der Waals surface area contributed by atoms with E-state index in [2.05, 4.69) is 6.92 Å². The quantitative estimate of drug-likeness (QED) is 0.404. The van der Waals surface area contributed by atoms with Gasteiger partial charge >= 0.3 is 0 Å². The Morgan fingerprint density at radius 3 is 2.32 bits per heavy atom. The highest BCUT2D eigenvalue weighted by molar-refractivity contribution is 6.21. The summed E-state index contributed by atoms with van der Waals surface area (Å²) in [6.07, 6.45) is 9.28. The summed E-state index contributed by atoms with van der Waals surface area (Å²) in [4.78, 5) is 13.6. The van der Waals surface area contributed by atoms with Gasteiger partial charge in [-0.25, -0.2) is 0 Å². The smallest absolute Gasteiger partial charge is 0.222 e. The zero-order valence-electron chi connectivity index (χ0n) is 12.8. The van der Waals surface area contributed by atoms with Gasteiger partial charge < -0.3 is 9.64 Å². The summed E-state index contributed by atoms with van der Waals surface area (Å²) in [5, 5.41) is -0.118. The minimum absolute atomic E-state index is 0.118. The summed E-state index contributed by atoms with van der Waals surface area (Å²) in [7, 11) is 3.43. The first-order valence-electron chi connectivity index (χ1n) is 7.48. The first-order chi connectivity index (χ1) is 9.11. The largest absolute Gasteiger partial charge is 0.383 e. The van der Waals surface area contributed by atoms with Crippen molar-refractivity contribution in [3.63, 3.8) is 0 Å². The fourth-order valence-electron chi connectivity index (χ4n) is 2.06. The van der Waals surface area contributed by atoms with E-state index in [0.717, 1.165) is 12.8 Å².